The summed E-state index contributed by atoms with van der Waals surface area (Å²) in [5.41, 5.74) is 5.90. The highest BCUT2D eigenvalue weighted by Gasteiger charge is 2.09. The molecule has 0 aromatic carbocycles. The van der Waals surface area contributed by atoms with E-state index in [9.17, 15) is 4.79 Å². The Morgan fingerprint density at radius 1 is 1.47 bits per heavy atom. The van der Waals surface area contributed by atoms with Crippen LogP contribution in [0.15, 0.2) is 5.38 Å². The summed E-state index contributed by atoms with van der Waals surface area (Å²) in [5, 5.41) is 5.47. The van der Waals surface area contributed by atoms with Crippen LogP contribution in [0.5, 0.6) is 0 Å². The van der Waals surface area contributed by atoms with Gasteiger partial charge < -0.3 is 20.5 Å². The summed E-state index contributed by atoms with van der Waals surface area (Å²) in [5.74, 6) is -0.142. The smallest absolute Gasteiger partial charge is 0.270 e. The fourth-order valence-corrected chi connectivity index (χ4v) is 2.16. The quantitative estimate of drug-likeness (QED) is 0.609. The minimum absolute atomic E-state index is 0.142. The molecule has 0 radical (unpaired) electrons. The second-order valence-corrected chi connectivity index (χ2v) is 4.82. The molecule has 7 heteroatoms. The van der Waals surface area contributed by atoms with Crippen LogP contribution in [0.2, 0.25) is 0 Å². The molecule has 0 saturated heterocycles. The van der Waals surface area contributed by atoms with Gasteiger partial charge in [-0.05, 0) is 13.0 Å². The molecule has 6 nitrogen and oxygen atoms in total. The summed E-state index contributed by atoms with van der Waals surface area (Å²) >= 11 is 1.46. The first-order chi connectivity index (χ1) is 9.27. The van der Waals surface area contributed by atoms with Gasteiger partial charge in [0.25, 0.3) is 5.91 Å². The number of amides is 1. The lowest BCUT2D eigenvalue weighted by atomic mass is 10.4. The Balaban J connectivity index is 2.13. The zero-order chi connectivity index (χ0) is 13.9. The lowest BCUT2D eigenvalue weighted by Gasteiger charge is -2.04. The van der Waals surface area contributed by atoms with Crippen LogP contribution in [0.1, 0.15) is 21.9 Å². The summed E-state index contributed by atoms with van der Waals surface area (Å²) in [6.07, 6.45) is 1.49. The van der Waals surface area contributed by atoms with Crippen LogP contribution in [0.4, 0.5) is 0 Å². The molecule has 0 aliphatic carbocycles. The Labute approximate surface area is 117 Å². The highest BCUT2D eigenvalue weighted by Crippen LogP contribution is 2.09. The third kappa shape index (κ3) is 6.63. The molecule has 1 amide bonds. The molecule has 1 rings (SSSR count). The van der Waals surface area contributed by atoms with Gasteiger partial charge in [0.1, 0.15) is 5.69 Å². The van der Waals surface area contributed by atoms with Crippen molar-refractivity contribution in [1.82, 2.24) is 10.3 Å². The van der Waals surface area contributed by atoms with Gasteiger partial charge in [0.15, 0.2) is 0 Å². The number of ether oxygens (including phenoxy) is 2. The van der Waals surface area contributed by atoms with Crippen LogP contribution in [-0.2, 0) is 15.9 Å². The predicted octanol–water partition coefficient (Wildman–Crippen LogP) is 0.427. The Morgan fingerprint density at radius 3 is 3.05 bits per heavy atom. The van der Waals surface area contributed by atoms with Crippen LogP contribution in [-0.4, -0.2) is 50.9 Å². The van der Waals surface area contributed by atoms with Gasteiger partial charge in [0.2, 0.25) is 0 Å². The van der Waals surface area contributed by atoms with Crippen molar-refractivity contribution < 1.29 is 14.3 Å². The van der Waals surface area contributed by atoms with Crippen LogP contribution < -0.4 is 11.1 Å². The van der Waals surface area contributed by atoms with Crippen molar-refractivity contribution in [3.8, 4) is 0 Å². The van der Waals surface area contributed by atoms with Crippen LogP contribution in [0.25, 0.3) is 0 Å². The summed E-state index contributed by atoms with van der Waals surface area (Å²) in [4.78, 5) is 16.0. The van der Waals surface area contributed by atoms with E-state index >= 15 is 0 Å². The number of carbonyl (C=O) groups excluding carboxylic acids is 1. The number of methoxy groups -OCH3 is 1. The molecule has 0 spiro atoms. The third-order valence-electron chi connectivity index (χ3n) is 2.33. The zero-order valence-corrected chi connectivity index (χ0v) is 12.0. The second kappa shape index (κ2) is 9.85. The number of nitrogens with one attached hydrogen (secondary N) is 1. The van der Waals surface area contributed by atoms with Crippen molar-refractivity contribution in [2.75, 3.05) is 40.0 Å². The number of hydrogen-bond acceptors (Lipinski definition) is 6. The number of nitrogens with two attached hydrogens (primary N) is 1. The third-order valence-corrected chi connectivity index (χ3v) is 3.23. The highest BCUT2D eigenvalue weighted by molar-refractivity contribution is 7.09. The van der Waals surface area contributed by atoms with Gasteiger partial charge in [-0.15, -0.1) is 11.3 Å². The summed E-state index contributed by atoms with van der Waals surface area (Å²) in [6, 6.07) is 0. The maximum absolute atomic E-state index is 11.7. The van der Waals surface area contributed by atoms with E-state index < -0.39 is 0 Å². The fraction of sp³-hybridized carbons (Fsp3) is 0.667. The van der Waals surface area contributed by atoms with E-state index in [1.54, 1.807) is 12.5 Å². The van der Waals surface area contributed by atoms with Gasteiger partial charge in [-0.2, -0.15) is 0 Å². The first-order valence-electron chi connectivity index (χ1n) is 6.27. The lowest BCUT2D eigenvalue weighted by Crippen LogP contribution is -2.25. The molecule has 19 heavy (non-hydrogen) atoms. The van der Waals surface area contributed by atoms with E-state index in [4.69, 9.17) is 15.2 Å². The Bertz CT molecular complexity index is 371. The zero-order valence-electron chi connectivity index (χ0n) is 11.2. The van der Waals surface area contributed by atoms with Gasteiger partial charge in [0, 0.05) is 32.1 Å². The molecule has 1 aromatic rings. The van der Waals surface area contributed by atoms with Crippen molar-refractivity contribution in [2.24, 2.45) is 5.73 Å². The minimum atomic E-state index is -0.142. The summed E-state index contributed by atoms with van der Waals surface area (Å²) in [6.45, 7) is 2.91. The normalized spacial score (nSPS) is 10.6. The molecular weight excluding hydrogens is 266 g/mol. The van der Waals surface area contributed by atoms with E-state index in [0.717, 1.165) is 11.4 Å². The molecule has 1 heterocycles. The summed E-state index contributed by atoms with van der Waals surface area (Å²) < 4.78 is 10.1. The first-order valence-corrected chi connectivity index (χ1v) is 7.15. The maximum Gasteiger partial charge on any atom is 0.270 e. The second-order valence-electron chi connectivity index (χ2n) is 3.88. The Kier molecular flexibility index (Phi) is 8.31. The highest BCUT2D eigenvalue weighted by atomic mass is 32.1. The Morgan fingerprint density at radius 2 is 2.32 bits per heavy atom. The van der Waals surface area contributed by atoms with Crippen molar-refractivity contribution in [3.63, 3.8) is 0 Å². The monoisotopic (exact) mass is 287 g/mol. The molecule has 0 unspecified atom stereocenters. The van der Waals surface area contributed by atoms with Crippen molar-refractivity contribution >= 4 is 17.2 Å². The van der Waals surface area contributed by atoms with Crippen LogP contribution >= 0.6 is 11.3 Å². The first kappa shape index (κ1) is 16.0. The number of hydrogen-bond donors (Lipinski definition) is 2. The maximum atomic E-state index is 11.7. The fourth-order valence-electron chi connectivity index (χ4n) is 1.36. The van der Waals surface area contributed by atoms with Crippen molar-refractivity contribution in [2.45, 2.75) is 12.8 Å². The van der Waals surface area contributed by atoms with E-state index in [1.165, 1.54) is 11.3 Å². The number of aromatic nitrogens is 1. The van der Waals surface area contributed by atoms with E-state index in [1.807, 2.05) is 0 Å². The van der Waals surface area contributed by atoms with E-state index in [0.29, 0.717) is 45.0 Å². The molecule has 0 aliphatic rings. The average molecular weight is 287 g/mol. The van der Waals surface area contributed by atoms with Gasteiger partial charge >= 0.3 is 0 Å². The van der Waals surface area contributed by atoms with Gasteiger partial charge in [-0.1, -0.05) is 0 Å². The van der Waals surface area contributed by atoms with Crippen molar-refractivity contribution in [3.05, 3.63) is 16.1 Å². The number of nitrogens with zero attached hydrogens (tertiary/aromatic N) is 1. The SMILES string of the molecule is COCCOCCCNC(=O)c1csc(CCN)n1. The topological polar surface area (TPSA) is 86.5 Å². The largest absolute Gasteiger partial charge is 0.382 e. The lowest BCUT2D eigenvalue weighted by molar-refractivity contribution is 0.0688. The molecule has 0 saturated carbocycles. The van der Waals surface area contributed by atoms with Crippen molar-refractivity contribution in [1.29, 1.82) is 0 Å². The van der Waals surface area contributed by atoms with E-state index in [2.05, 4.69) is 10.3 Å². The molecule has 0 fully saturated rings. The molecule has 0 atom stereocenters. The van der Waals surface area contributed by atoms with Crippen LogP contribution in [0.3, 0.4) is 0 Å². The van der Waals surface area contributed by atoms with E-state index in [-0.39, 0.29) is 5.91 Å². The Hall–Kier alpha value is -1.02. The average Bonchev–Trinajstić information content (AvgIpc) is 2.87. The molecule has 3 N–H and O–H groups in total. The minimum Gasteiger partial charge on any atom is -0.382 e. The predicted molar refractivity (Wildman–Crippen MR) is 74.5 cm³/mol. The number of rotatable bonds is 10. The molecule has 1 aromatic heterocycles. The standard InChI is InChI=1S/C12H21N3O3S/c1-17-7-8-18-6-2-5-14-12(16)10-9-19-11(15-10)3-4-13/h9H,2-8,13H2,1H3,(H,14,16). The molecule has 0 bridgehead atoms. The molecule has 0 aliphatic heterocycles. The molecular formula is C12H21N3O3S. The summed E-state index contributed by atoms with van der Waals surface area (Å²) in [7, 11) is 1.64. The number of thiazole rings is 1. The number of carbonyl (C=O) groups is 1. The van der Waals surface area contributed by atoms with Gasteiger partial charge in [-0.25, -0.2) is 4.98 Å². The van der Waals surface area contributed by atoms with Gasteiger partial charge in [-0.3, -0.25) is 4.79 Å². The van der Waals surface area contributed by atoms with Gasteiger partial charge in [0.05, 0.1) is 18.2 Å². The van der Waals surface area contributed by atoms with Crippen LogP contribution in [0, 0.1) is 0 Å². The molecule has 108 valence electrons.